The van der Waals surface area contributed by atoms with Crippen LogP contribution in [-0.4, -0.2) is 74.4 Å². The van der Waals surface area contributed by atoms with Crippen LogP contribution in [0.5, 0.6) is 11.5 Å². The van der Waals surface area contributed by atoms with Crippen molar-refractivity contribution in [2.45, 2.75) is 10.9 Å². The van der Waals surface area contributed by atoms with E-state index in [1.807, 2.05) is 31.1 Å². The highest BCUT2D eigenvalue weighted by molar-refractivity contribution is 7.89. The third kappa shape index (κ3) is 6.38. The Morgan fingerprint density at radius 1 is 0.895 bits per heavy atom. The van der Waals surface area contributed by atoms with E-state index in [4.69, 9.17) is 9.47 Å². The molecule has 1 aliphatic heterocycles. The van der Waals surface area contributed by atoms with Gasteiger partial charge in [-0.15, -0.1) is 0 Å². The van der Waals surface area contributed by atoms with Crippen LogP contribution in [0, 0.1) is 5.82 Å². The number of ether oxygens (including phenoxy) is 2. The van der Waals surface area contributed by atoms with Crippen LogP contribution in [0.15, 0.2) is 71.6 Å². The fraction of sp³-hybridized carbons (Fsp3) is 0.357. The Balaban J connectivity index is 1.53. The SMILES string of the molecule is COc1ccc(S(=O)(=O)NCC(c2ccc(N(C)C)cc2)N2CCN(c3ccc(F)cc3)CC2)cc1OC. The number of benzene rings is 3. The summed E-state index contributed by atoms with van der Waals surface area (Å²) in [7, 11) is 3.14. The van der Waals surface area contributed by atoms with E-state index < -0.39 is 10.0 Å². The number of hydrogen-bond acceptors (Lipinski definition) is 7. The lowest BCUT2D eigenvalue weighted by atomic mass is 10.0. The van der Waals surface area contributed by atoms with Crippen molar-refractivity contribution in [3.8, 4) is 11.5 Å². The minimum absolute atomic E-state index is 0.109. The van der Waals surface area contributed by atoms with Crippen LogP contribution in [0.4, 0.5) is 15.8 Å². The zero-order chi connectivity index (χ0) is 27.3. The highest BCUT2D eigenvalue weighted by atomic mass is 32.2. The summed E-state index contributed by atoms with van der Waals surface area (Å²) in [5.41, 5.74) is 3.08. The number of sulfonamides is 1. The van der Waals surface area contributed by atoms with Gasteiger partial charge in [-0.3, -0.25) is 4.90 Å². The summed E-state index contributed by atoms with van der Waals surface area (Å²) in [5.74, 6) is 0.558. The second-order valence-corrected chi connectivity index (χ2v) is 11.1. The van der Waals surface area contributed by atoms with Crippen molar-refractivity contribution in [2.24, 2.45) is 0 Å². The smallest absolute Gasteiger partial charge is 0.240 e. The molecule has 1 N–H and O–H groups in total. The number of methoxy groups -OCH3 is 2. The first-order valence-electron chi connectivity index (χ1n) is 12.5. The van der Waals surface area contributed by atoms with E-state index in [9.17, 15) is 12.8 Å². The van der Waals surface area contributed by atoms with Crippen LogP contribution in [0.25, 0.3) is 0 Å². The predicted molar refractivity (Wildman–Crippen MR) is 148 cm³/mol. The molecule has 3 aromatic rings. The van der Waals surface area contributed by atoms with Gasteiger partial charge >= 0.3 is 0 Å². The van der Waals surface area contributed by atoms with Crippen LogP contribution < -0.4 is 24.0 Å². The molecule has 0 aliphatic carbocycles. The van der Waals surface area contributed by atoms with Gasteiger partial charge in [0.2, 0.25) is 10.0 Å². The van der Waals surface area contributed by atoms with Gasteiger partial charge in [-0.2, -0.15) is 0 Å². The molecule has 0 spiro atoms. The second kappa shape index (κ2) is 12.0. The average Bonchev–Trinajstić information content (AvgIpc) is 2.93. The van der Waals surface area contributed by atoms with Crippen molar-refractivity contribution < 1.29 is 22.3 Å². The molecule has 1 heterocycles. The number of anilines is 2. The molecule has 1 atom stereocenters. The molecule has 1 saturated heterocycles. The largest absolute Gasteiger partial charge is 0.493 e. The van der Waals surface area contributed by atoms with Gasteiger partial charge in [0.25, 0.3) is 0 Å². The monoisotopic (exact) mass is 542 g/mol. The number of piperazine rings is 1. The van der Waals surface area contributed by atoms with Crippen molar-refractivity contribution in [2.75, 3.05) is 70.8 Å². The minimum atomic E-state index is -3.81. The highest BCUT2D eigenvalue weighted by Gasteiger charge is 2.27. The Morgan fingerprint density at radius 3 is 2.11 bits per heavy atom. The molecule has 0 aromatic heterocycles. The molecule has 0 amide bonds. The zero-order valence-corrected chi connectivity index (χ0v) is 23.0. The number of halogens is 1. The third-order valence-electron chi connectivity index (χ3n) is 6.87. The number of nitrogens with zero attached hydrogens (tertiary/aromatic N) is 3. The molecule has 0 radical (unpaired) electrons. The van der Waals surface area contributed by atoms with E-state index in [-0.39, 0.29) is 23.3 Å². The van der Waals surface area contributed by atoms with Crippen LogP contribution in [0.3, 0.4) is 0 Å². The summed E-state index contributed by atoms with van der Waals surface area (Å²) >= 11 is 0. The van der Waals surface area contributed by atoms with Gasteiger partial charge in [-0.05, 0) is 54.1 Å². The molecular formula is C28H35FN4O4S. The highest BCUT2D eigenvalue weighted by Crippen LogP contribution is 2.30. The molecule has 0 bridgehead atoms. The molecule has 1 fully saturated rings. The summed E-state index contributed by atoms with van der Waals surface area (Å²) in [6.45, 7) is 3.17. The van der Waals surface area contributed by atoms with E-state index in [0.29, 0.717) is 11.5 Å². The third-order valence-corrected chi connectivity index (χ3v) is 8.29. The molecule has 4 rings (SSSR count). The molecule has 204 valence electrons. The van der Waals surface area contributed by atoms with E-state index >= 15 is 0 Å². The van der Waals surface area contributed by atoms with E-state index in [1.54, 1.807) is 18.2 Å². The zero-order valence-electron chi connectivity index (χ0n) is 22.2. The van der Waals surface area contributed by atoms with Gasteiger partial charge < -0.3 is 19.3 Å². The van der Waals surface area contributed by atoms with Crippen LogP contribution >= 0.6 is 0 Å². The predicted octanol–water partition coefficient (Wildman–Crippen LogP) is 3.75. The van der Waals surface area contributed by atoms with Crippen molar-refractivity contribution in [1.82, 2.24) is 9.62 Å². The van der Waals surface area contributed by atoms with Crippen molar-refractivity contribution >= 4 is 21.4 Å². The van der Waals surface area contributed by atoms with Gasteiger partial charge in [0.15, 0.2) is 11.5 Å². The van der Waals surface area contributed by atoms with Crippen molar-refractivity contribution in [3.63, 3.8) is 0 Å². The Labute approximate surface area is 224 Å². The normalized spacial score (nSPS) is 15.2. The van der Waals surface area contributed by atoms with Gasteiger partial charge in [0, 0.05) is 70.3 Å². The Hall–Kier alpha value is -3.34. The Kier molecular flexibility index (Phi) is 8.76. The minimum Gasteiger partial charge on any atom is -0.493 e. The van der Waals surface area contributed by atoms with Crippen LogP contribution in [0.2, 0.25) is 0 Å². The van der Waals surface area contributed by atoms with Crippen LogP contribution in [0.1, 0.15) is 11.6 Å². The number of nitrogens with one attached hydrogen (secondary N) is 1. The first kappa shape index (κ1) is 27.7. The van der Waals surface area contributed by atoms with Gasteiger partial charge in [0.05, 0.1) is 19.1 Å². The average molecular weight is 543 g/mol. The number of rotatable bonds is 10. The standard InChI is InChI=1S/C28H35FN4O4S/c1-31(2)23-9-5-21(6-10-23)26(33-17-15-32(16-18-33)24-11-7-22(29)8-12-24)20-30-38(34,35)25-13-14-27(36-3)28(19-25)37-4/h5-14,19,26,30H,15-18,20H2,1-4H3. The Bertz CT molecular complexity index is 1310. The molecule has 38 heavy (non-hydrogen) atoms. The molecule has 8 nitrogen and oxygen atoms in total. The number of hydrogen-bond donors (Lipinski definition) is 1. The summed E-state index contributed by atoms with van der Waals surface area (Å²) in [6.07, 6.45) is 0. The van der Waals surface area contributed by atoms with E-state index in [2.05, 4.69) is 26.7 Å². The lowest BCUT2D eigenvalue weighted by Crippen LogP contribution is -2.49. The molecule has 0 saturated carbocycles. The maximum Gasteiger partial charge on any atom is 0.240 e. The first-order valence-corrected chi connectivity index (χ1v) is 13.9. The van der Waals surface area contributed by atoms with Gasteiger partial charge in [-0.25, -0.2) is 17.5 Å². The molecule has 3 aromatic carbocycles. The first-order chi connectivity index (χ1) is 18.2. The van der Waals surface area contributed by atoms with E-state index in [1.165, 1.54) is 38.5 Å². The lowest BCUT2D eigenvalue weighted by molar-refractivity contribution is 0.187. The van der Waals surface area contributed by atoms with Gasteiger partial charge in [-0.1, -0.05) is 12.1 Å². The van der Waals surface area contributed by atoms with Crippen LogP contribution in [-0.2, 0) is 10.0 Å². The maximum absolute atomic E-state index is 13.4. The quantitative estimate of drug-likeness (QED) is 0.418. The van der Waals surface area contributed by atoms with Gasteiger partial charge in [0.1, 0.15) is 5.82 Å². The summed E-state index contributed by atoms with van der Waals surface area (Å²) < 4.78 is 53.2. The summed E-state index contributed by atoms with van der Waals surface area (Å²) in [6, 6.07) is 19.1. The molecular weight excluding hydrogens is 507 g/mol. The van der Waals surface area contributed by atoms with Crippen molar-refractivity contribution in [1.29, 1.82) is 0 Å². The molecule has 1 aliphatic rings. The Morgan fingerprint density at radius 2 is 1.53 bits per heavy atom. The fourth-order valence-corrected chi connectivity index (χ4v) is 5.71. The topological polar surface area (TPSA) is 74.4 Å². The summed E-state index contributed by atoms with van der Waals surface area (Å²) in [4.78, 5) is 6.65. The van der Waals surface area contributed by atoms with Crippen molar-refractivity contribution in [3.05, 3.63) is 78.1 Å². The fourth-order valence-electron chi connectivity index (χ4n) is 4.65. The lowest BCUT2D eigenvalue weighted by Gasteiger charge is -2.40. The molecule has 10 heteroatoms. The maximum atomic E-state index is 13.4. The molecule has 1 unspecified atom stereocenters. The van der Waals surface area contributed by atoms with E-state index in [0.717, 1.165) is 43.1 Å². The second-order valence-electron chi connectivity index (χ2n) is 9.37. The summed E-state index contributed by atoms with van der Waals surface area (Å²) in [5, 5.41) is 0.